The number of para-hydroxylation sites is 1. The Bertz CT molecular complexity index is 841. The number of hydrogen-bond acceptors (Lipinski definition) is 5. The van der Waals surface area contributed by atoms with Crippen LogP contribution in [0.3, 0.4) is 0 Å². The van der Waals surface area contributed by atoms with E-state index in [-0.39, 0.29) is 23.2 Å². The molecular weight excluding hydrogens is 309 g/mol. The van der Waals surface area contributed by atoms with E-state index in [0.29, 0.717) is 6.54 Å². The third kappa shape index (κ3) is 3.89. The Balaban J connectivity index is 1.68. The highest BCUT2D eigenvalue weighted by Crippen LogP contribution is 2.16. The number of aromatic nitrogens is 3. The van der Waals surface area contributed by atoms with Crippen molar-refractivity contribution >= 4 is 17.5 Å². The summed E-state index contributed by atoms with van der Waals surface area (Å²) >= 11 is 0. The average Bonchev–Trinajstić information content (AvgIpc) is 2.63. The molecule has 0 aliphatic rings. The Morgan fingerprint density at radius 2 is 1.83 bits per heavy atom. The lowest BCUT2D eigenvalue weighted by atomic mass is 10.3. The molecule has 3 aromatic rings. The molecule has 2 aromatic heterocycles. The van der Waals surface area contributed by atoms with Crippen LogP contribution in [-0.4, -0.2) is 20.9 Å². The van der Waals surface area contributed by atoms with Gasteiger partial charge in [-0.05, 0) is 30.3 Å². The lowest BCUT2D eigenvalue weighted by Crippen LogP contribution is -2.24. The summed E-state index contributed by atoms with van der Waals surface area (Å²) in [5.41, 5.74) is 1.16. The van der Waals surface area contributed by atoms with Crippen LogP contribution in [0.25, 0.3) is 0 Å². The number of nitrogens with zero attached hydrogens (tertiary/aromatic N) is 3. The molecule has 6 nitrogen and oxygen atoms in total. The Morgan fingerprint density at radius 3 is 2.62 bits per heavy atom. The number of hydrogen-bond donors (Lipinski definition) is 2. The summed E-state index contributed by atoms with van der Waals surface area (Å²) in [4.78, 5) is 24.4. The van der Waals surface area contributed by atoms with Gasteiger partial charge < -0.3 is 10.6 Å². The van der Waals surface area contributed by atoms with E-state index in [4.69, 9.17) is 0 Å². The predicted molar refractivity (Wildman–Crippen MR) is 87.1 cm³/mol. The van der Waals surface area contributed by atoms with Crippen molar-refractivity contribution in [2.45, 2.75) is 6.54 Å². The number of nitrogens with one attached hydrogen (secondary N) is 2. The molecule has 120 valence electrons. The number of halogens is 1. The van der Waals surface area contributed by atoms with Gasteiger partial charge in [0.15, 0.2) is 0 Å². The van der Waals surface area contributed by atoms with Crippen LogP contribution < -0.4 is 10.6 Å². The second kappa shape index (κ2) is 7.28. The lowest BCUT2D eigenvalue weighted by molar-refractivity contribution is 0.0945. The fourth-order valence-corrected chi connectivity index (χ4v) is 1.99. The van der Waals surface area contributed by atoms with Gasteiger partial charge in [0.25, 0.3) is 5.91 Å². The minimum Gasteiger partial charge on any atom is -0.345 e. The van der Waals surface area contributed by atoms with E-state index in [1.165, 1.54) is 18.3 Å². The number of anilines is 2. The van der Waals surface area contributed by atoms with E-state index in [2.05, 4.69) is 25.6 Å². The number of benzene rings is 1. The summed E-state index contributed by atoms with van der Waals surface area (Å²) in [5, 5.41) is 5.48. The number of rotatable bonds is 5. The van der Waals surface area contributed by atoms with Gasteiger partial charge in [0.05, 0.1) is 17.9 Å². The molecule has 1 aromatic carbocycles. The van der Waals surface area contributed by atoms with Crippen LogP contribution in [0.4, 0.5) is 16.0 Å². The number of pyridine rings is 1. The average molecular weight is 323 g/mol. The molecule has 3 rings (SSSR count). The van der Waals surface area contributed by atoms with Gasteiger partial charge in [0.1, 0.15) is 11.5 Å². The summed E-state index contributed by atoms with van der Waals surface area (Å²) < 4.78 is 13.6. The zero-order valence-electron chi connectivity index (χ0n) is 12.6. The van der Waals surface area contributed by atoms with Crippen LogP contribution >= 0.6 is 0 Å². The first-order chi connectivity index (χ1) is 11.7. The molecule has 0 aliphatic carbocycles. The van der Waals surface area contributed by atoms with Crippen molar-refractivity contribution in [3.05, 3.63) is 78.1 Å². The molecule has 0 aliphatic heterocycles. The van der Waals surface area contributed by atoms with Crippen LogP contribution in [0.1, 0.15) is 16.2 Å². The van der Waals surface area contributed by atoms with Crippen molar-refractivity contribution in [2.75, 3.05) is 5.32 Å². The minimum absolute atomic E-state index is 0.144. The van der Waals surface area contributed by atoms with Crippen molar-refractivity contribution in [3.8, 4) is 0 Å². The van der Waals surface area contributed by atoms with Crippen molar-refractivity contribution < 1.29 is 9.18 Å². The van der Waals surface area contributed by atoms with Gasteiger partial charge in [-0.2, -0.15) is 0 Å². The van der Waals surface area contributed by atoms with Gasteiger partial charge in [-0.3, -0.25) is 9.78 Å². The fourth-order valence-electron chi connectivity index (χ4n) is 1.99. The minimum atomic E-state index is -0.425. The van der Waals surface area contributed by atoms with E-state index in [1.807, 2.05) is 12.1 Å². The predicted octanol–water partition coefficient (Wildman–Crippen LogP) is 2.68. The molecule has 0 saturated carbocycles. The molecule has 2 N–H and O–H groups in total. The normalized spacial score (nSPS) is 10.2. The Morgan fingerprint density at radius 1 is 1.00 bits per heavy atom. The zero-order valence-corrected chi connectivity index (χ0v) is 12.6. The van der Waals surface area contributed by atoms with Crippen LogP contribution in [-0.2, 0) is 6.54 Å². The summed E-state index contributed by atoms with van der Waals surface area (Å²) in [6.45, 7) is 0.291. The van der Waals surface area contributed by atoms with E-state index >= 15 is 0 Å². The Labute approximate surface area is 137 Å². The smallest absolute Gasteiger partial charge is 0.270 e. The van der Waals surface area contributed by atoms with Gasteiger partial charge in [-0.15, -0.1) is 0 Å². The maximum Gasteiger partial charge on any atom is 0.270 e. The van der Waals surface area contributed by atoms with Gasteiger partial charge >= 0.3 is 0 Å². The second-order valence-electron chi connectivity index (χ2n) is 4.87. The molecule has 1 amide bonds. The standard InChI is InChI=1S/C17H14FN5O/c18-13-6-1-2-7-14(13)22-17-20-10-8-15(23-17)16(24)21-11-12-5-3-4-9-19-12/h1-10H,11H2,(H,21,24)(H,20,22,23). The van der Waals surface area contributed by atoms with Gasteiger partial charge in [-0.25, -0.2) is 14.4 Å². The highest BCUT2D eigenvalue weighted by atomic mass is 19.1. The Hall–Kier alpha value is -3.35. The molecule has 7 heteroatoms. The maximum absolute atomic E-state index is 13.6. The highest BCUT2D eigenvalue weighted by Gasteiger charge is 2.10. The first kappa shape index (κ1) is 15.5. The molecular formula is C17H14FN5O. The third-order valence-electron chi connectivity index (χ3n) is 3.16. The van der Waals surface area contributed by atoms with E-state index in [0.717, 1.165) is 5.69 Å². The topological polar surface area (TPSA) is 79.8 Å². The fraction of sp³-hybridized carbons (Fsp3) is 0.0588. The summed E-state index contributed by atoms with van der Waals surface area (Å²) in [5.74, 6) is -0.642. The van der Waals surface area contributed by atoms with Gasteiger partial charge in [0, 0.05) is 12.4 Å². The van der Waals surface area contributed by atoms with Crippen LogP contribution in [0.2, 0.25) is 0 Å². The largest absolute Gasteiger partial charge is 0.345 e. The summed E-state index contributed by atoms with van der Waals surface area (Å²) in [7, 11) is 0. The van der Waals surface area contributed by atoms with Crippen molar-refractivity contribution in [3.63, 3.8) is 0 Å². The first-order valence-corrected chi connectivity index (χ1v) is 7.25. The monoisotopic (exact) mass is 323 g/mol. The summed E-state index contributed by atoms with van der Waals surface area (Å²) in [6, 6.07) is 13.1. The second-order valence-corrected chi connectivity index (χ2v) is 4.87. The first-order valence-electron chi connectivity index (χ1n) is 7.25. The molecule has 0 saturated heterocycles. The van der Waals surface area contributed by atoms with Crippen molar-refractivity contribution in [1.82, 2.24) is 20.3 Å². The molecule has 24 heavy (non-hydrogen) atoms. The van der Waals surface area contributed by atoms with Crippen LogP contribution in [0.5, 0.6) is 0 Å². The molecule has 0 atom stereocenters. The molecule has 0 fully saturated rings. The maximum atomic E-state index is 13.6. The molecule has 0 unspecified atom stereocenters. The highest BCUT2D eigenvalue weighted by molar-refractivity contribution is 5.92. The van der Waals surface area contributed by atoms with Crippen LogP contribution in [0.15, 0.2) is 60.9 Å². The van der Waals surface area contributed by atoms with Crippen LogP contribution in [0, 0.1) is 5.82 Å². The number of amides is 1. The van der Waals surface area contributed by atoms with Crippen molar-refractivity contribution in [1.29, 1.82) is 0 Å². The SMILES string of the molecule is O=C(NCc1ccccn1)c1ccnc(Nc2ccccc2F)n1. The molecule has 0 radical (unpaired) electrons. The molecule has 0 bridgehead atoms. The quantitative estimate of drug-likeness (QED) is 0.754. The third-order valence-corrected chi connectivity index (χ3v) is 3.16. The van der Waals surface area contributed by atoms with Gasteiger partial charge in [-0.1, -0.05) is 18.2 Å². The van der Waals surface area contributed by atoms with Crippen molar-refractivity contribution in [2.24, 2.45) is 0 Å². The Kier molecular flexibility index (Phi) is 4.71. The zero-order chi connectivity index (χ0) is 16.8. The molecule has 2 heterocycles. The molecule has 0 spiro atoms. The van der Waals surface area contributed by atoms with Gasteiger partial charge in [0.2, 0.25) is 5.95 Å². The van der Waals surface area contributed by atoms with E-state index < -0.39 is 5.82 Å². The number of carbonyl (C=O) groups excluding carboxylic acids is 1. The van der Waals surface area contributed by atoms with E-state index in [9.17, 15) is 9.18 Å². The lowest BCUT2D eigenvalue weighted by Gasteiger charge is -2.08. The summed E-state index contributed by atoms with van der Waals surface area (Å²) in [6.07, 6.45) is 3.09. The number of carbonyl (C=O) groups is 1. The van der Waals surface area contributed by atoms with E-state index in [1.54, 1.807) is 30.5 Å².